The van der Waals surface area contributed by atoms with E-state index in [1.165, 1.54) is 10.5 Å². The van der Waals surface area contributed by atoms with Crippen molar-refractivity contribution < 1.29 is 14.7 Å². The second-order valence-corrected chi connectivity index (χ2v) is 8.07. The molecule has 5 nitrogen and oxygen atoms in total. The minimum atomic E-state index is -1.38. The van der Waals surface area contributed by atoms with E-state index in [0.717, 1.165) is 23.2 Å². The van der Waals surface area contributed by atoms with Crippen LogP contribution in [-0.4, -0.2) is 47.6 Å². The van der Waals surface area contributed by atoms with Gasteiger partial charge in [-0.1, -0.05) is 45.9 Å². The zero-order chi connectivity index (χ0) is 19.6. The smallest absolute Gasteiger partial charge is 0.394 e. The number of carboxylic acids is 1. The first-order chi connectivity index (χ1) is 12.1. The summed E-state index contributed by atoms with van der Waals surface area (Å²) in [4.78, 5) is 26.8. The van der Waals surface area contributed by atoms with Crippen LogP contribution in [0.15, 0.2) is 24.8 Å². The van der Waals surface area contributed by atoms with Crippen LogP contribution < -0.4 is 4.90 Å². The third-order valence-corrected chi connectivity index (χ3v) is 5.04. The Bertz CT molecular complexity index is 718. The van der Waals surface area contributed by atoms with E-state index in [-0.39, 0.29) is 11.5 Å². The van der Waals surface area contributed by atoms with Crippen LogP contribution in [-0.2, 0) is 15.0 Å². The monoisotopic (exact) mass is 358 g/mol. The maximum Gasteiger partial charge on any atom is 0.394 e. The van der Waals surface area contributed by atoms with Gasteiger partial charge in [-0.15, -0.1) is 0 Å². The molecule has 0 bridgehead atoms. The Kier molecular flexibility index (Phi) is 5.79. The van der Waals surface area contributed by atoms with Crippen LogP contribution in [0.4, 0.5) is 5.69 Å². The van der Waals surface area contributed by atoms with Crippen LogP contribution in [0.5, 0.6) is 0 Å². The second kappa shape index (κ2) is 7.52. The molecule has 1 saturated heterocycles. The molecule has 1 fully saturated rings. The van der Waals surface area contributed by atoms with Crippen molar-refractivity contribution in [3.63, 3.8) is 0 Å². The third kappa shape index (κ3) is 4.09. The third-order valence-electron chi connectivity index (χ3n) is 5.04. The fraction of sp³-hybridized carbons (Fsp3) is 0.524. The summed E-state index contributed by atoms with van der Waals surface area (Å²) in [5, 5.41) is 9.05. The number of allylic oxidation sites excluding steroid dienone is 1. The fourth-order valence-corrected chi connectivity index (χ4v) is 3.49. The number of piperazine rings is 1. The average molecular weight is 358 g/mol. The number of carbonyl (C=O) groups excluding carboxylic acids is 1. The number of aliphatic carboxylic acids is 1. The van der Waals surface area contributed by atoms with E-state index < -0.39 is 11.9 Å². The standard InChI is InChI=1S/C21H30N2O3/c1-7-16-13-22(10-11-23(16)19(24)20(25)26)18-9-8-15(14(2)3)12-17(18)21(4,5)6/h8-9,12,16H,2,7,10-11,13H2,1,3-6H3,(H,25,26). The highest BCUT2D eigenvalue weighted by Crippen LogP contribution is 2.35. The lowest BCUT2D eigenvalue weighted by molar-refractivity contribution is -0.157. The van der Waals surface area contributed by atoms with Gasteiger partial charge in [-0.25, -0.2) is 4.79 Å². The van der Waals surface area contributed by atoms with E-state index in [0.29, 0.717) is 19.6 Å². The summed E-state index contributed by atoms with van der Waals surface area (Å²) in [6, 6.07) is 6.32. The molecule has 1 heterocycles. The molecule has 1 unspecified atom stereocenters. The summed E-state index contributed by atoms with van der Waals surface area (Å²) >= 11 is 0. The quantitative estimate of drug-likeness (QED) is 0.840. The molecular weight excluding hydrogens is 328 g/mol. The van der Waals surface area contributed by atoms with Gasteiger partial charge in [0.1, 0.15) is 0 Å². The Morgan fingerprint density at radius 3 is 2.42 bits per heavy atom. The van der Waals surface area contributed by atoms with E-state index in [1.807, 2.05) is 13.8 Å². The van der Waals surface area contributed by atoms with Gasteiger partial charge >= 0.3 is 11.9 Å². The van der Waals surface area contributed by atoms with Gasteiger partial charge in [-0.2, -0.15) is 0 Å². The maximum absolute atomic E-state index is 12.0. The highest BCUT2D eigenvalue weighted by molar-refractivity contribution is 6.31. The fourth-order valence-electron chi connectivity index (χ4n) is 3.49. The van der Waals surface area contributed by atoms with Gasteiger partial charge in [-0.05, 0) is 42.0 Å². The van der Waals surface area contributed by atoms with Crippen molar-refractivity contribution in [2.24, 2.45) is 0 Å². The van der Waals surface area contributed by atoms with Crippen LogP contribution in [0.2, 0.25) is 0 Å². The first-order valence-electron chi connectivity index (χ1n) is 9.15. The van der Waals surface area contributed by atoms with Gasteiger partial charge in [0.2, 0.25) is 0 Å². The molecule has 1 N–H and O–H groups in total. The van der Waals surface area contributed by atoms with Gasteiger partial charge in [0, 0.05) is 31.4 Å². The van der Waals surface area contributed by atoms with Crippen LogP contribution in [0.3, 0.4) is 0 Å². The van der Waals surface area contributed by atoms with Crippen LogP contribution >= 0.6 is 0 Å². The Hall–Kier alpha value is -2.30. The van der Waals surface area contributed by atoms with E-state index in [1.54, 1.807) is 0 Å². The Morgan fingerprint density at radius 1 is 1.27 bits per heavy atom. The van der Waals surface area contributed by atoms with Crippen molar-refractivity contribution in [2.75, 3.05) is 24.5 Å². The maximum atomic E-state index is 12.0. The van der Waals surface area contributed by atoms with E-state index in [4.69, 9.17) is 5.11 Å². The van der Waals surface area contributed by atoms with Gasteiger partial charge in [0.05, 0.1) is 0 Å². The molecule has 1 aliphatic heterocycles. The van der Waals surface area contributed by atoms with Crippen molar-refractivity contribution in [1.29, 1.82) is 0 Å². The SMILES string of the molecule is C=C(C)c1ccc(N2CCN(C(=O)C(=O)O)C(CC)C2)c(C(C)(C)C)c1. The number of amides is 1. The highest BCUT2D eigenvalue weighted by atomic mass is 16.4. The normalized spacial score (nSPS) is 18.0. The number of carboxylic acid groups (broad SMARTS) is 1. The first kappa shape index (κ1) is 20.0. The molecule has 1 amide bonds. The van der Waals surface area contributed by atoms with Crippen molar-refractivity contribution >= 4 is 23.1 Å². The number of benzene rings is 1. The molecule has 0 radical (unpaired) electrons. The topological polar surface area (TPSA) is 60.9 Å². The molecule has 0 aromatic heterocycles. The molecule has 1 aliphatic rings. The Labute approximate surface area is 156 Å². The summed E-state index contributed by atoms with van der Waals surface area (Å²) in [6.07, 6.45) is 0.726. The number of carbonyl (C=O) groups is 2. The number of anilines is 1. The zero-order valence-electron chi connectivity index (χ0n) is 16.5. The first-order valence-corrected chi connectivity index (χ1v) is 9.15. The molecule has 142 valence electrons. The van der Waals surface area contributed by atoms with E-state index in [9.17, 15) is 9.59 Å². The zero-order valence-corrected chi connectivity index (χ0v) is 16.5. The van der Waals surface area contributed by atoms with Crippen molar-refractivity contribution in [2.45, 2.75) is 52.5 Å². The predicted octanol–water partition coefficient (Wildman–Crippen LogP) is 3.53. The van der Waals surface area contributed by atoms with Gasteiger partial charge < -0.3 is 14.9 Å². The second-order valence-electron chi connectivity index (χ2n) is 8.07. The Balaban J connectivity index is 2.36. The molecule has 1 aromatic rings. The summed E-state index contributed by atoms with van der Waals surface area (Å²) in [6.45, 7) is 16.3. The molecule has 0 spiro atoms. The lowest BCUT2D eigenvalue weighted by atomic mass is 9.83. The number of hydrogen-bond donors (Lipinski definition) is 1. The summed E-state index contributed by atoms with van der Waals surface area (Å²) in [7, 11) is 0. The molecule has 5 heteroatoms. The summed E-state index contributed by atoms with van der Waals surface area (Å²) in [5.41, 5.74) is 4.53. The number of hydrogen-bond acceptors (Lipinski definition) is 3. The van der Waals surface area contributed by atoms with E-state index >= 15 is 0 Å². The molecule has 26 heavy (non-hydrogen) atoms. The number of nitrogens with zero attached hydrogens (tertiary/aromatic N) is 2. The lowest BCUT2D eigenvalue weighted by Gasteiger charge is -2.43. The van der Waals surface area contributed by atoms with Gasteiger partial charge in [0.25, 0.3) is 0 Å². The molecule has 0 aliphatic carbocycles. The molecule has 1 aromatic carbocycles. The largest absolute Gasteiger partial charge is 0.474 e. The minimum Gasteiger partial charge on any atom is -0.474 e. The lowest BCUT2D eigenvalue weighted by Crippen LogP contribution is -2.56. The van der Waals surface area contributed by atoms with Gasteiger partial charge in [-0.3, -0.25) is 4.79 Å². The van der Waals surface area contributed by atoms with Crippen LogP contribution in [0, 0.1) is 0 Å². The number of rotatable bonds is 3. The summed E-state index contributed by atoms with van der Waals surface area (Å²) in [5.74, 6) is -2.18. The average Bonchev–Trinajstić information content (AvgIpc) is 2.59. The Morgan fingerprint density at radius 2 is 1.92 bits per heavy atom. The van der Waals surface area contributed by atoms with Crippen molar-refractivity contribution in [1.82, 2.24) is 4.90 Å². The predicted molar refractivity (Wildman–Crippen MR) is 105 cm³/mol. The molecule has 2 rings (SSSR count). The van der Waals surface area contributed by atoms with Crippen LogP contribution in [0.25, 0.3) is 5.57 Å². The molecular formula is C21H30N2O3. The van der Waals surface area contributed by atoms with E-state index in [2.05, 4.69) is 50.4 Å². The highest BCUT2D eigenvalue weighted by Gasteiger charge is 2.34. The van der Waals surface area contributed by atoms with Crippen molar-refractivity contribution in [3.05, 3.63) is 35.9 Å². The minimum absolute atomic E-state index is 0.0312. The van der Waals surface area contributed by atoms with Crippen molar-refractivity contribution in [3.8, 4) is 0 Å². The van der Waals surface area contributed by atoms with Gasteiger partial charge in [0.15, 0.2) is 0 Å². The van der Waals surface area contributed by atoms with Crippen LogP contribution in [0.1, 0.15) is 52.2 Å². The molecule has 0 saturated carbocycles. The summed E-state index contributed by atoms with van der Waals surface area (Å²) < 4.78 is 0. The molecule has 1 atom stereocenters.